The van der Waals surface area contributed by atoms with E-state index in [0.29, 0.717) is 5.89 Å². The van der Waals surface area contributed by atoms with E-state index in [4.69, 9.17) is 9.15 Å². The van der Waals surface area contributed by atoms with Crippen LogP contribution in [0.1, 0.15) is 20.8 Å². The lowest BCUT2D eigenvalue weighted by molar-refractivity contribution is 0.0632. The van der Waals surface area contributed by atoms with Gasteiger partial charge >= 0.3 is 12.1 Å². The second-order valence-corrected chi connectivity index (χ2v) is 5.96. The third kappa shape index (κ3) is 4.06. The minimum Gasteiger partial charge on any atom is -0.443 e. The lowest BCUT2D eigenvalue weighted by atomic mass is 10.2. The molecule has 0 aliphatic rings. The molecule has 2 rings (SSSR count). The lowest BCUT2D eigenvalue weighted by Crippen LogP contribution is -2.27. The molecule has 106 valence electrons. The van der Waals surface area contributed by atoms with E-state index in [1.165, 1.54) is 0 Å². The molecule has 2 aromatic rings. The van der Waals surface area contributed by atoms with Crippen molar-refractivity contribution < 1.29 is 13.9 Å². The number of nitrogens with zero attached hydrogens (tertiary/aromatic N) is 2. The first kappa shape index (κ1) is 14.5. The first-order valence-corrected chi connectivity index (χ1v) is 6.72. The summed E-state index contributed by atoms with van der Waals surface area (Å²) >= 11 is 3.34. The van der Waals surface area contributed by atoms with Crippen LogP contribution in [0.25, 0.3) is 11.5 Å². The van der Waals surface area contributed by atoms with Crippen LogP contribution in [0.3, 0.4) is 0 Å². The minimum absolute atomic E-state index is 0.00262. The minimum atomic E-state index is -0.636. The van der Waals surface area contributed by atoms with Crippen LogP contribution in [0.15, 0.2) is 33.2 Å². The van der Waals surface area contributed by atoms with E-state index in [9.17, 15) is 4.79 Å². The van der Waals surface area contributed by atoms with Crippen molar-refractivity contribution in [3.8, 4) is 11.5 Å². The van der Waals surface area contributed by atoms with Gasteiger partial charge in [0.2, 0.25) is 5.89 Å². The molecule has 0 atom stereocenters. The Kier molecular flexibility index (Phi) is 4.08. The number of hydrogen-bond acceptors (Lipinski definition) is 5. The molecule has 0 radical (unpaired) electrons. The van der Waals surface area contributed by atoms with Crippen molar-refractivity contribution in [2.75, 3.05) is 5.32 Å². The highest BCUT2D eigenvalue weighted by molar-refractivity contribution is 9.10. The zero-order valence-electron chi connectivity index (χ0n) is 11.3. The van der Waals surface area contributed by atoms with Crippen LogP contribution in [-0.4, -0.2) is 21.9 Å². The van der Waals surface area contributed by atoms with E-state index in [-0.39, 0.29) is 6.01 Å². The standard InChI is InChI=1S/C13H14BrN3O3/c1-13(2,3)20-12(18)15-11-17-16-10(19-11)8-4-6-9(14)7-5-8/h4-7H,1-3H3,(H,15,17,18). The number of carbonyl (C=O) groups excluding carboxylic acids is 1. The van der Waals surface area contributed by atoms with Gasteiger partial charge in [-0.1, -0.05) is 21.0 Å². The molecule has 1 N–H and O–H groups in total. The molecular formula is C13H14BrN3O3. The fraction of sp³-hybridized carbons (Fsp3) is 0.308. The topological polar surface area (TPSA) is 77.2 Å². The number of rotatable bonds is 2. The maximum Gasteiger partial charge on any atom is 0.415 e. The van der Waals surface area contributed by atoms with Crippen LogP contribution >= 0.6 is 15.9 Å². The number of ether oxygens (including phenoxy) is 1. The average Bonchev–Trinajstić information content (AvgIpc) is 2.75. The SMILES string of the molecule is CC(C)(C)OC(=O)Nc1nnc(-c2ccc(Br)cc2)o1. The van der Waals surface area contributed by atoms with Crippen molar-refractivity contribution in [1.29, 1.82) is 0 Å². The van der Waals surface area contributed by atoms with Gasteiger partial charge in [0.15, 0.2) is 0 Å². The van der Waals surface area contributed by atoms with E-state index in [1.54, 1.807) is 20.8 Å². The van der Waals surface area contributed by atoms with Gasteiger partial charge in [-0.15, -0.1) is 5.10 Å². The quantitative estimate of drug-likeness (QED) is 0.899. The van der Waals surface area contributed by atoms with Crippen LogP contribution in [0.2, 0.25) is 0 Å². The Morgan fingerprint density at radius 2 is 1.90 bits per heavy atom. The lowest BCUT2D eigenvalue weighted by Gasteiger charge is -2.18. The largest absolute Gasteiger partial charge is 0.443 e. The van der Waals surface area contributed by atoms with E-state index < -0.39 is 11.7 Å². The Balaban J connectivity index is 2.06. The Labute approximate surface area is 124 Å². The summed E-state index contributed by atoms with van der Waals surface area (Å²) in [6.07, 6.45) is -0.636. The molecule has 1 aromatic heterocycles. The normalized spacial score (nSPS) is 11.2. The molecule has 0 aliphatic heterocycles. The van der Waals surface area contributed by atoms with Crippen molar-refractivity contribution in [3.63, 3.8) is 0 Å². The monoisotopic (exact) mass is 339 g/mol. The zero-order valence-corrected chi connectivity index (χ0v) is 12.9. The van der Waals surface area contributed by atoms with Crippen LogP contribution < -0.4 is 5.32 Å². The highest BCUT2D eigenvalue weighted by Crippen LogP contribution is 2.22. The van der Waals surface area contributed by atoms with Crippen LogP contribution in [0, 0.1) is 0 Å². The van der Waals surface area contributed by atoms with Crippen molar-refractivity contribution >= 4 is 28.0 Å². The van der Waals surface area contributed by atoms with E-state index in [1.807, 2.05) is 24.3 Å². The van der Waals surface area contributed by atoms with E-state index in [0.717, 1.165) is 10.0 Å². The number of carbonyl (C=O) groups is 1. The molecule has 0 spiro atoms. The molecule has 6 nitrogen and oxygen atoms in total. The van der Waals surface area contributed by atoms with Gasteiger partial charge in [0.25, 0.3) is 0 Å². The molecule has 0 saturated heterocycles. The second-order valence-electron chi connectivity index (χ2n) is 5.05. The zero-order chi connectivity index (χ0) is 14.8. The maximum atomic E-state index is 11.6. The van der Waals surface area contributed by atoms with Crippen LogP contribution in [-0.2, 0) is 4.74 Å². The second kappa shape index (κ2) is 5.62. The van der Waals surface area contributed by atoms with Gasteiger partial charge in [-0.2, -0.15) is 0 Å². The molecular weight excluding hydrogens is 326 g/mol. The summed E-state index contributed by atoms with van der Waals surface area (Å²) in [4.78, 5) is 11.6. The summed E-state index contributed by atoms with van der Waals surface area (Å²) in [5.74, 6) is 0.323. The predicted molar refractivity (Wildman–Crippen MR) is 77.3 cm³/mol. The van der Waals surface area contributed by atoms with E-state index >= 15 is 0 Å². The number of nitrogens with one attached hydrogen (secondary N) is 1. The summed E-state index contributed by atoms with van der Waals surface area (Å²) in [5, 5.41) is 10.00. The average molecular weight is 340 g/mol. The van der Waals surface area contributed by atoms with Crippen molar-refractivity contribution in [3.05, 3.63) is 28.7 Å². The molecule has 1 amide bonds. The molecule has 0 unspecified atom stereocenters. The summed E-state index contributed by atoms with van der Waals surface area (Å²) in [6.45, 7) is 5.31. The summed E-state index contributed by atoms with van der Waals surface area (Å²) < 4.78 is 11.4. The van der Waals surface area contributed by atoms with Gasteiger partial charge in [0, 0.05) is 10.0 Å². The Morgan fingerprint density at radius 3 is 2.50 bits per heavy atom. The molecule has 0 aliphatic carbocycles. The maximum absolute atomic E-state index is 11.6. The fourth-order valence-electron chi connectivity index (χ4n) is 1.37. The molecule has 1 aromatic carbocycles. The smallest absolute Gasteiger partial charge is 0.415 e. The van der Waals surface area contributed by atoms with Crippen LogP contribution in [0.5, 0.6) is 0 Å². The molecule has 1 heterocycles. The highest BCUT2D eigenvalue weighted by Gasteiger charge is 2.18. The van der Waals surface area contributed by atoms with E-state index in [2.05, 4.69) is 31.4 Å². The first-order valence-electron chi connectivity index (χ1n) is 5.93. The number of anilines is 1. The van der Waals surface area contributed by atoms with Crippen molar-refractivity contribution in [2.45, 2.75) is 26.4 Å². The number of benzene rings is 1. The molecule has 0 saturated carbocycles. The number of hydrogen-bond donors (Lipinski definition) is 1. The van der Waals surface area contributed by atoms with Crippen molar-refractivity contribution in [1.82, 2.24) is 10.2 Å². The Morgan fingerprint density at radius 1 is 1.25 bits per heavy atom. The van der Waals surface area contributed by atoms with Crippen LogP contribution in [0.4, 0.5) is 10.8 Å². The molecule has 0 bridgehead atoms. The Hall–Kier alpha value is -1.89. The van der Waals surface area contributed by atoms with Crippen molar-refractivity contribution in [2.24, 2.45) is 0 Å². The highest BCUT2D eigenvalue weighted by atomic mass is 79.9. The number of halogens is 1. The van der Waals surface area contributed by atoms with Gasteiger partial charge in [0.05, 0.1) is 0 Å². The van der Waals surface area contributed by atoms with Gasteiger partial charge < -0.3 is 9.15 Å². The van der Waals surface area contributed by atoms with Gasteiger partial charge in [0.1, 0.15) is 5.60 Å². The molecule has 0 fully saturated rings. The van der Waals surface area contributed by atoms with Gasteiger partial charge in [-0.25, -0.2) is 10.1 Å². The predicted octanol–water partition coefficient (Wildman–Crippen LogP) is 3.85. The fourth-order valence-corrected chi connectivity index (χ4v) is 1.64. The van der Waals surface area contributed by atoms with Gasteiger partial charge in [-0.3, -0.25) is 0 Å². The third-order valence-corrected chi connectivity index (χ3v) is 2.65. The summed E-state index contributed by atoms with van der Waals surface area (Å²) in [7, 11) is 0. The number of aromatic nitrogens is 2. The summed E-state index contributed by atoms with van der Waals surface area (Å²) in [5.41, 5.74) is 0.177. The number of amides is 1. The molecule has 7 heteroatoms. The molecule has 20 heavy (non-hydrogen) atoms. The Bertz CT molecular complexity index is 602. The summed E-state index contributed by atoms with van der Waals surface area (Å²) in [6, 6.07) is 7.38. The van der Waals surface area contributed by atoms with Gasteiger partial charge in [-0.05, 0) is 45.0 Å². The third-order valence-electron chi connectivity index (χ3n) is 2.12. The first-order chi connectivity index (χ1) is 9.33.